The van der Waals surface area contributed by atoms with Crippen molar-refractivity contribution in [3.8, 4) is 0 Å². The number of aliphatic hydroxyl groups excluding tert-OH is 1. The van der Waals surface area contributed by atoms with Crippen molar-refractivity contribution < 1.29 is 23.8 Å². The van der Waals surface area contributed by atoms with Gasteiger partial charge in [-0.2, -0.15) is 0 Å². The number of nitrogens with two attached hydrogens (primary N) is 1. The number of aromatic nitrogens is 4. The lowest BCUT2D eigenvalue weighted by atomic mass is 10.1. The van der Waals surface area contributed by atoms with Crippen molar-refractivity contribution in [2.75, 3.05) is 12.3 Å². The molecule has 4 heterocycles. The minimum absolute atomic E-state index is 0.0351. The lowest BCUT2D eigenvalue weighted by Gasteiger charge is -2.30. The molecule has 2 fully saturated rings. The summed E-state index contributed by atoms with van der Waals surface area (Å²) >= 11 is 8.13. The van der Waals surface area contributed by atoms with Gasteiger partial charge >= 0.3 is 6.72 Å². The second kappa shape index (κ2) is 5.39. The van der Waals surface area contributed by atoms with E-state index in [-0.39, 0.29) is 12.4 Å². The quantitative estimate of drug-likeness (QED) is 0.426. The lowest BCUT2D eigenvalue weighted by Crippen LogP contribution is -2.39. The second-order valence-corrected chi connectivity index (χ2v) is 8.57. The zero-order valence-electron chi connectivity index (χ0n) is 11.3. The van der Waals surface area contributed by atoms with E-state index in [4.69, 9.17) is 31.3 Å². The van der Waals surface area contributed by atoms with E-state index in [1.807, 2.05) is 0 Å². The predicted octanol–water partition coefficient (Wildman–Crippen LogP) is 0.0615. The van der Waals surface area contributed by atoms with Crippen LogP contribution in [0.5, 0.6) is 0 Å². The summed E-state index contributed by atoms with van der Waals surface area (Å²) in [5.74, 6) is 0.213. The number of imidazole rings is 1. The smallest absolute Gasteiger partial charge is 0.325 e. The van der Waals surface area contributed by atoms with E-state index in [9.17, 15) is 10.00 Å². The van der Waals surface area contributed by atoms with Crippen LogP contribution in [-0.2, 0) is 25.6 Å². The van der Waals surface area contributed by atoms with Crippen LogP contribution in [0, 0.1) is 0 Å². The van der Waals surface area contributed by atoms with Gasteiger partial charge in [0.2, 0.25) is 0 Å². The number of hydrogen-bond acceptors (Lipinski definition) is 9. The second-order valence-electron chi connectivity index (χ2n) is 5.07. The van der Waals surface area contributed by atoms with E-state index in [1.54, 1.807) is 4.57 Å². The van der Waals surface area contributed by atoms with Crippen molar-refractivity contribution in [2.45, 2.75) is 24.5 Å². The van der Waals surface area contributed by atoms with E-state index < -0.39 is 31.3 Å². The standard InChI is InChI=1S/C10H11BrN5O5PS/c11-10-15-4-7(12)13-2-14-8(4)16(10)9-5(17)6-3(20-9)1-19-22(18,23)21-6/h2-3,5-6,9,17H,1H2,(H,18,23)(H2,12,13,14)/t3?,5-,6+,9?,22?/m0/s1. The van der Waals surface area contributed by atoms with Gasteiger partial charge in [-0.1, -0.05) is 0 Å². The highest BCUT2D eigenvalue weighted by atomic mass is 79.9. The van der Waals surface area contributed by atoms with E-state index in [1.165, 1.54) is 6.33 Å². The Hall–Kier alpha value is -0.720. The number of aliphatic hydroxyl groups is 1. The van der Waals surface area contributed by atoms with Crippen molar-refractivity contribution in [2.24, 2.45) is 0 Å². The van der Waals surface area contributed by atoms with Gasteiger partial charge in [0.25, 0.3) is 0 Å². The van der Waals surface area contributed by atoms with Gasteiger partial charge in [-0.25, -0.2) is 15.0 Å². The maximum absolute atomic E-state index is 10.6. The van der Waals surface area contributed by atoms with Gasteiger partial charge in [0.05, 0.1) is 6.61 Å². The van der Waals surface area contributed by atoms with Crippen LogP contribution in [0.3, 0.4) is 0 Å². The fourth-order valence-corrected chi connectivity index (χ4v) is 4.67. The van der Waals surface area contributed by atoms with Crippen LogP contribution in [-0.4, -0.2) is 54.4 Å². The third-order valence-corrected chi connectivity index (χ3v) is 5.80. The maximum atomic E-state index is 10.6. The van der Waals surface area contributed by atoms with Crippen LogP contribution in [0.15, 0.2) is 11.1 Å². The normalized spacial score (nSPS) is 37.2. The summed E-state index contributed by atoms with van der Waals surface area (Å²) in [6.07, 6.45) is -2.02. The van der Waals surface area contributed by atoms with E-state index in [0.29, 0.717) is 15.9 Å². The molecule has 0 saturated carbocycles. The molecule has 2 saturated heterocycles. The molecule has 2 aliphatic heterocycles. The Balaban J connectivity index is 1.76. The molecular weight excluding hydrogens is 413 g/mol. The number of nitrogens with zero attached hydrogens (tertiary/aromatic N) is 4. The monoisotopic (exact) mass is 423 g/mol. The third-order valence-electron chi connectivity index (χ3n) is 3.68. The maximum Gasteiger partial charge on any atom is 0.325 e. The molecule has 2 aromatic rings. The molecule has 0 amide bonds. The molecule has 23 heavy (non-hydrogen) atoms. The Kier molecular flexibility index (Phi) is 3.70. The fraction of sp³-hybridized carbons (Fsp3) is 0.500. The minimum atomic E-state index is -3.35. The van der Waals surface area contributed by atoms with Crippen molar-refractivity contribution in [1.82, 2.24) is 19.5 Å². The van der Waals surface area contributed by atoms with Crippen LogP contribution in [0.1, 0.15) is 6.23 Å². The topological polar surface area (TPSA) is 138 Å². The summed E-state index contributed by atoms with van der Waals surface area (Å²) in [7, 11) is 0. The molecule has 2 aromatic heterocycles. The van der Waals surface area contributed by atoms with E-state index in [0.717, 1.165) is 0 Å². The molecular formula is C10H11BrN5O5PS. The number of hydrogen-bond donors (Lipinski definition) is 3. The Morgan fingerprint density at radius 2 is 2.26 bits per heavy atom. The number of rotatable bonds is 1. The number of halogens is 1. The average molecular weight is 424 g/mol. The Morgan fingerprint density at radius 1 is 1.48 bits per heavy atom. The van der Waals surface area contributed by atoms with Gasteiger partial charge in [-0.3, -0.25) is 9.09 Å². The van der Waals surface area contributed by atoms with Gasteiger partial charge in [0.1, 0.15) is 24.6 Å². The number of ether oxygens (including phenoxy) is 1. The van der Waals surface area contributed by atoms with Crippen LogP contribution in [0.25, 0.3) is 11.2 Å². The number of nitrogen functional groups attached to an aromatic ring is 1. The predicted molar refractivity (Wildman–Crippen MR) is 84.7 cm³/mol. The third kappa shape index (κ3) is 2.50. The van der Waals surface area contributed by atoms with Crippen molar-refractivity contribution in [1.29, 1.82) is 0 Å². The number of fused-ring (bicyclic) bond motifs is 2. The highest BCUT2D eigenvalue weighted by molar-refractivity contribution is 9.10. The van der Waals surface area contributed by atoms with E-state index in [2.05, 4.69) is 30.9 Å². The summed E-state index contributed by atoms with van der Waals surface area (Å²) in [6.45, 7) is -3.32. The first-order chi connectivity index (χ1) is 10.9. The molecule has 0 bridgehead atoms. The first kappa shape index (κ1) is 15.8. The van der Waals surface area contributed by atoms with Crippen LogP contribution in [0.4, 0.5) is 5.82 Å². The van der Waals surface area contributed by atoms with Gasteiger partial charge in [-0.05, 0) is 27.7 Å². The lowest BCUT2D eigenvalue weighted by molar-refractivity contribution is -0.0600. The van der Waals surface area contributed by atoms with Crippen LogP contribution >= 0.6 is 22.6 Å². The first-order valence-electron chi connectivity index (χ1n) is 6.50. The number of anilines is 1. The summed E-state index contributed by atoms with van der Waals surface area (Å²) in [4.78, 5) is 22.0. The molecule has 4 rings (SSSR count). The Bertz CT molecular complexity index is 835. The van der Waals surface area contributed by atoms with Gasteiger partial charge < -0.3 is 25.0 Å². The molecule has 3 unspecified atom stereocenters. The Morgan fingerprint density at radius 3 is 3.04 bits per heavy atom. The van der Waals surface area contributed by atoms with E-state index >= 15 is 0 Å². The van der Waals surface area contributed by atoms with Gasteiger partial charge in [0, 0.05) is 0 Å². The molecule has 10 nitrogen and oxygen atoms in total. The molecule has 2 aliphatic rings. The molecule has 0 spiro atoms. The minimum Gasteiger partial charge on any atom is -0.386 e. The summed E-state index contributed by atoms with van der Waals surface area (Å²) < 4.78 is 18.1. The summed E-state index contributed by atoms with van der Waals surface area (Å²) in [5, 5.41) is 10.6. The summed E-state index contributed by atoms with van der Waals surface area (Å²) in [5.41, 5.74) is 6.57. The van der Waals surface area contributed by atoms with Crippen molar-refractivity contribution in [3.63, 3.8) is 0 Å². The molecule has 5 atom stereocenters. The summed E-state index contributed by atoms with van der Waals surface area (Å²) in [6, 6.07) is 0. The molecule has 0 aliphatic carbocycles. The van der Waals surface area contributed by atoms with Crippen molar-refractivity contribution >= 4 is 51.4 Å². The molecule has 13 heteroatoms. The molecule has 124 valence electrons. The molecule has 0 aromatic carbocycles. The highest BCUT2D eigenvalue weighted by Crippen LogP contribution is 2.53. The molecule has 0 radical (unpaired) electrons. The largest absolute Gasteiger partial charge is 0.386 e. The van der Waals surface area contributed by atoms with Crippen LogP contribution < -0.4 is 5.73 Å². The first-order valence-corrected chi connectivity index (χ1v) is 9.89. The fourth-order valence-electron chi connectivity index (χ4n) is 2.67. The zero-order chi connectivity index (χ0) is 16.4. The zero-order valence-corrected chi connectivity index (χ0v) is 14.6. The molecule has 4 N–H and O–H groups in total. The van der Waals surface area contributed by atoms with Gasteiger partial charge in [0.15, 0.2) is 27.9 Å². The SMILES string of the molecule is Nc1ncnc2c1nc(Br)n2C1OC2COP(O)(=S)O[C@H]2[C@@H]1O. The van der Waals surface area contributed by atoms with Gasteiger partial charge in [-0.15, -0.1) is 0 Å². The van der Waals surface area contributed by atoms with Crippen LogP contribution in [0.2, 0.25) is 0 Å². The highest BCUT2D eigenvalue weighted by Gasteiger charge is 2.51. The van der Waals surface area contributed by atoms with Crippen molar-refractivity contribution in [3.05, 3.63) is 11.1 Å². The average Bonchev–Trinajstić information content (AvgIpc) is 2.97. The Labute approximate surface area is 143 Å².